The van der Waals surface area contributed by atoms with E-state index in [9.17, 15) is 28.7 Å². The molecule has 0 aromatic heterocycles. The Labute approximate surface area is 272 Å². The van der Waals surface area contributed by atoms with E-state index in [-0.39, 0.29) is 35.6 Å². The molecule has 0 unspecified atom stereocenters. The first-order valence-corrected chi connectivity index (χ1v) is 15.3. The van der Waals surface area contributed by atoms with E-state index in [4.69, 9.17) is 22.1 Å². The van der Waals surface area contributed by atoms with Gasteiger partial charge in [0.15, 0.2) is 0 Å². The molecule has 3 aromatic rings. The standard InChI is InChI=1S/C34H28ClFN4O7/c1-47-25-4-2-3-24(41)27(25)28-20-13-14-21-26(31(44)39(29(21)42)33(37)46)22(20)15-23-30(43)40(38-19-11-9-18(36)10-12-19)32(45)34(23,28)16-5-7-17(35)8-6-16/h2-13,21-23,26,28,38,41H,14-15H2,1H3,(H2,37,46)/t21-,22+,23-,26-,28+,34+/m0/s1. The number of hydrazine groups is 1. The van der Waals surface area contributed by atoms with Crippen molar-refractivity contribution in [2.75, 3.05) is 12.5 Å². The van der Waals surface area contributed by atoms with Crippen LogP contribution in [-0.4, -0.2) is 51.8 Å². The van der Waals surface area contributed by atoms with E-state index in [1.165, 1.54) is 37.4 Å². The first kappa shape index (κ1) is 30.4. The fourth-order valence-corrected chi connectivity index (χ4v) is 8.31. The summed E-state index contributed by atoms with van der Waals surface area (Å²) in [6.07, 6.45) is 1.76. The van der Waals surface area contributed by atoms with Crippen LogP contribution >= 0.6 is 11.6 Å². The summed E-state index contributed by atoms with van der Waals surface area (Å²) in [7, 11) is 1.41. The Balaban J connectivity index is 1.50. The summed E-state index contributed by atoms with van der Waals surface area (Å²) in [5.74, 6) is -8.29. The number of halogens is 2. The first-order chi connectivity index (χ1) is 22.5. The van der Waals surface area contributed by atoms with Gasteiger partial charge < -0.3 is 15.6 Å². The number of hydrogen-bond acceptors (Lipinski definition) is 8. The maximum atomic E-state index is 15.1. The average molecular weight is 659 g/mol. The number of anilines is 1. The summed E-state index contributed by atoms with van der Waals surface area (Å²) >= 11 is 6.28. The van der Waals surface area contributed by atoms with E-state index in [1.54, 1.807) is 42.5 Å². The number of carbonyl (C=O) groups excluding carboxylic acids is 5. The molecule has 13 heteroatoms. The smallest absolute Gasteiger partial charge is 0.328 e. The number of phenols is 1. The molecule has 7 rings (SSSR count). The highest BCUT2D eigenvalue weighted by molar-refractivity contribution is 6.30. The summed E-state index contributed by atoms with van der Waals surface area (Å²) in [6.45, 7) is 0. The van der Waals surface area contributed by atoms with Crippen LogP contribution in [0.5, 0.6) is 11.5 Å². The van der Waals surface area contributed by atoms with E-state index >= 15 is 4.79 Å². The Morgan fingerprint density at radius 2 is 1.70 bits per heavy atom. The molecule has 11 nitrogen and oxygen atoms in total. The number of primary amides is 1. The fourth-order valence-electron chi connectivity index (χ4n) is 8.19. The molecule has 240 valence electrons. The van der Waals surface area contributed by atoms with E-state index in [1.807, 2.05) is 0 Å². The molecule has 4 aliphatic rings. The number of aromatic hydroxyl groups is 1. The molecular weight excluding hydrogens is 631 g/mol. The van der Waals surface area contributed by atoms with Crippen LogP contribution in [0.1, 0.15) is 29.9 Å². The quantitative estimate of drug-likeness (QED) is 0.271. The number of imide groups is 4. The minimum Gasteiger partial charge on any atom is -0.508 e. The zero-order valence-electron chi connectivity index (χ0n) is 24.9. The molecule has 3 fully saturated rings. The molecule has 4 N–H and O–H groups in total. The van der Waals surface area contributed by atoms with Gasteiger partial charge in [0.2, 0.25) is 11.8 Å². The monoisotopic (exact) mass is 658 g/mol. The second kappa shape index (κ2) is 10.9. The summed E-state index contributed by atoms with van der Waals surface area (Å²) < 4.78 is 19.5. The largest absolute Gasteiger partial charge is 0.508 e. The molecule has 1 saturated carbocycles. The third-order valence-corrected chi connectivity index (χ3v) is 10.3. The number of nitrogens with zero attached hydrogens (tertiary/aromatic N) is 2. The Morgan fingerprint density at radius 1 is 1.00 bits per heavy atom. The Bertz CT molecular complexity index is 1900. The lowest BCUT2D eigenvalue weighted by Gasteiger charge is -2.50. The van der Waals surface area contributed by atoms with Crippen LogP contribution in [0.4, 0.5) is 14.9 Å². The summed E-state index contributed by atoms with van der Waals surface area (Å²) in [6, 6.07) is 15.0. The predicted molar refractivity (Wildman–Crippen MR) is 165 cm³/mol. The van der Waals surface area contributed by atoms with Gasteiger partial charge in [0.25, 0.3) is 11.8 Å². The van der Waals surface area contributed by atoms with Gasteiger partial charge in [-0.05, 0) is 72.9 Å². The van der Waals surface area contributed by atoms with Crippen LogP contribution in [0.25, 0.3) is 0 Å². The van der Waals surface area contributed by atoms with E-state index in [0.29, 0.717) is 21.1 Å². The Hall–Kier alpha value is -5.23. The second-order valence-corrected chi connectivity index (χ2v) is 12.6. The molecule has 0 radical (unpaired) electrons. The van der Waals surface area contributed by atoms with Crippen molar-refractivity contribution in [2.45, 2.75) is 24.2 Å². The van der Waals surface area contributed by atoms with Gasteiger partial charge in [-0.15, -0.1) is 0 Å². The normalized spacial score (nSPS) is 28.1. The lowest BCUT2D eigenvalue weighted by atomic mass is 9.49. The van der Waals surface area contributed by atoms with Gasteiger partial charge in [0.05, 0.1) is 36.0 Å². The zero-order chi connectivity index (χ0) is 33.4. The van der Waals surface area contributed by atoms with Crippen molar-refractivity contribution in [1.29, 1.82) is 0 Å². The Morgan fingerprint density at radius 3 is 2.36 bits per heavy atom. The van der Waals surface area contributed by atoms with Gasteiger partial charge in [-0.1, -0.05) is 41.4 Å². The molecule has 2 heterocycles. The van der Waals surface area contributed by atoms with Crippen molar-refractivity contribution in [3.05, 3.63) is 100 Å². The van der Waals surface area contributed by atoms with Gasteiger partial charge in [0, 0.05) is 16.5 Å². The van der Waals surface area contributed by atoms with Gasteiger partial charge in [-0.2, -0.15) is 9.91 Å². The van der Waals surface area contributed by atoms with Crippen LogP contribution < -0.4 is 15.9 Å². The van der Waals surface area contributed by atoms with E-state index in [2.05, 4.69) is 5.43 Å². The van der Waals surface area contributed by atoms with Gasteiger partial charge in [-0.3, -0.25) is 24.6 Å². The number of amides is 6. The maximum absolute atomic E-state index is 15.1. The molecule has 6 amide bonds. The highest BCUT2D eigenvalue weighted by Gasteiger charge is 2.71. The number of methoxy groups -OCH3 is 1. The number of benzene rings is 3. The van der Waals surface area contributed by atoms with Gasteiger partial charge in [-0.25, -0.2) is 9.18 Å². The minimum absolute atomic E-state index is 0.0539. The van der Waals surface area contributed by atoms with Crippen LogP contribution in [0.2, 0.25) is 5.02 Å². The number of ether oxygens (including phenoxy) is 1. The van der Waals surface area contributed by atoms with Crippen molar-refractivity contribution >= 4 is 46.9 Å². The molecule has 6 atom stereocenters. The van der Waals surface area contributed by atoms with E-state index in [0.717, 1.165) is 5.01 Å². The van der Waals surface area contributed by atoms with Crippen molar-refractivity contribution in [2.24, 2.45) is 29.4 Å². The number of fused-ring (bicyclic) bond motifs is 4. The van der Waals surface area contributed by atoms with E-state index < -0.39 is 70.5 Å². The third kappa shape index (κ3) is 4.27. The number of likely N-dealkylation sites (tertiary alicyclic amines) is 1. The summed E-state index contributed by atoms with van der Waals surface area (Å²) in [4.78, 5) is 69.3. The summed E-state index contributed by atoms with van der Waals surface area (Å²) in [5, 5.41) is 12.8. The minimum atomic E-state index is -1.72. The number of rotatable bonds is 5. The first-order valence-electron chi connectivity index (χ1n) is 14.9. The number of nitrogens with one attached hydrogen (secondary N) is 1. The van der Waals surface area contributed by atoms with Gasteiger partial charge >= 0.3 is 6.03 Å². The average Bonchev–Trinajstić information content (AvgIpc) is 3.43. The molecule has 2 saturated heterocycles. The molecule has 0 bridgehead atoms. The van der Waals surface area contributed by atoms with Crippen molar-refractivity contribution in [3.63, 3.8) is 0 Å². The lowest BCUT2D eigenvalue weighted by Crippen LogP contribution is -2.53. The van der Waals surface area contributed by atoms with Crippen molar-refractivity contribution < 1.29 is 38.2 Å². The highest BCUT2D eigenvalue weighted by atomic mass is 35.5. The third-order valence-electron chi connectivity index (χ3n) is 10.0. The molecule has 0 spiro atoms. The number of nitrogens with two attached hydrogens (primary N) is 1. The maximum Gasteiger partial charge on any atom is 0.328 e. The molecule has 2 aliphatic carbocycles. The second-order valence-electron chi connectivity index (χ2n) is 12.1. The van der Waals surface area contributed by atoms with Crippen LogP contribution in [0, 0.1) is 29.5 Å². The number of hydrogen-bond donors (Lipinski definition) is 3. The molecule has 47 heavy (non-hydrogen) atoms. The Kier molecular flexibility index (Phi) is 7.08. The SMILES string of the molecule is COc1cccc(O)c1[C@H]1C2=CC[C@@H]3C(=O)N(C(N)=O)C(=O)[C@@H]3[C@@H]2C[C@H]2C(=O)N(Nc3ccc(F)cc3)C(=O)[C@@]12c1ccc(Cl)cc1. The predicted octanol–water partition coefficient (Wildman–Crippen LogP) is 4.26. The number of urea groups is 1. The molecule has 3 aromatic carbocycles. The zero-order valence-corrected chi connectivity index (χ0v) is 25.6. The number of phenolic OH excluding ortho intramolecular Hbond substituents is 1. The lowest BCUT2D eigenvalue weighted by molar-refractivity contribution is -0.139. The van der Waals surface area contributed by atoms with Crippen molar-refractivity contribution in [3.8, 4) is 11.5 Å². The summed E-state index contributed by atoms with van der Waals surface area (Å²) in [5.41, 5.74) is 8.00. The fraction of sp³-hybridized carbons (Fsp3) is 0.265. The van der Waals surface area contributed by atoms with Crippen LogP contribution in [0.3, 0.4) is 0 Å². The van der Waals surface area contributed by atoms with Crippen LogP contribution in [-0.2, 0) is 24.6 Å². The molecular formula is C34H28ClFN4O7. The van der Waals surface area contributed by atoms with Gasteiger partial charge in [0.1, 0.15) is 17.3 Å². The number of carbonyl (C=O) groups is 5. The van der Waals surface area contributed by atoms with Crippen LogP contribution in [0.15, 0.2) is 78.4 Å². The number of allylic oxidation sites excluding steroid dienone is 2. The molecule has 2 aliphatic heterocycles. The topological polar surface area (TPSA) is 159 Å². The van der Waals surface area contributed by atoms with Crippen molar-refractivity contribution in [1.82, 2.24) is 9.91 Å². The highest BCUT2D eigenvalue weighted by Crippen LogP contribution is 2.65.